The number of benzene rings is 2. The molecule has 4 heteroatoms. The van der Waals surface area contributed by atoms with Crippen LogP contribution < -0.4 is 0 Å². The third kappa shape index (κ3) is 7.12. The maximum atomic E-state index is 12.1. The first-order valence-electron chi connectivity index (χ1n) is 13.8. The van der Waals surface area contributed by atoms with E-state index in [4.69, 9.17) is 4.74 Å². The van der Waals surface area contributed by atoms with E-state index in [1.54, 1.807) is 0 Å². The second kappa shape index (κ2) is 12.3. The molecule has 0 N–H and O–H groups in total. The van der Waals surface area contributed by atoms with Crippen molar-refractivity contribution in [2.75, 3.05) is 26.2 Å². The Balaban J connectivity index is 0.000000202. The number of likely N-dealkylation sites (tertiary alicyclic amines) is 2. The van der Waals surface area contributed by atoms with E-state index in [0.29, 0.717) is 24.0 Å². The Kier molecular flexibility index (Phi) is 9.63. The van der Waals surface area contributed by atoms with Crippen molar-refractivity contribution >= 4 is 6.09 Å². The molecule has 2 aromatic rings. The van der Waals surface area contributed by atoms with Crippen LogP contribution in [0.4, 0.5) is 4.79 Å². The molecular weight excluding hydrogens is 444 g/mol. The minimum Gasteiger partial charge on any atom is -0.445 e. The summed E-state index contributed by atoms with van der Waals surface area (Å²) in [5.74, 6) is 1.41. The molecule has 0 aromatic heterocycles. The predicted molar refractivity (Wildman–Crippen MR) is 150 cm³/mol. The zero-order valence-corrected chi connectivity index (χ0v) is 23.7. The first-order valence-corrected chi connectivity index (χ1v) is 13.8. The molecular formula is C32H48N2O2. The van der Waals surface area contributed by atoms with Gasteiger partial charge in [0.1, 0.15) is 6.61 Å². The molecule has 1 amide bonds. The maximum absolute atomic E-state index is 12.1. The van der Waals surface area contributed by atoms with Gasteiger partial charge in [-0.3, -0.25) is 4.90 Å². The number of rotatable bonds is 6. The maximum Gasteiger partial charge on any atom is 0.410 e. The van der Waals surface area contributed by atoms with Crippen LogP contribution in [0.25, 0.3) is 0 Å². The summed E-state index contributed by atoms with van der Waals surface area (Å²) in [6, 6.07) is 21.2. The van der Waals surface area contributed by atoms with Crippen molar-refractivity contribution in [1.29, 1.82) is 0 Å². The molecule has 2 aromatic carbocycles. The summed E-state index contributed by atoms with van der Waals surface area (Å²) < 4.78 is 5.39. The van der Waals surface area contributed by atoms with Gasteiger partial charge in [0.05, 0.1) is 0 Å². The molecule has 2 aliphatic rings. The Morgan fingerprint density at radius 3 is 1.92 bits per heavy atom. The standard InChI is InChI=1S/C16H23NO2.C16H25N/c1-4-14-10-17(12-16(14,2)3)15(18)19-11-13-8-6-5-7-9-13;1-5-15-11-17(12-16(15,3)4)13(2)14-9-7-6-8-10-14/h5-9,14H,4,10-12H2,1-3H3;6-10,13,15H,5,11-12H2,1-4H3/t;13-,15?/m.1/s1. The third-order valence-electron chi connectivity index (χ3n) is 8.59. The largest absolute Gasteiger partial charge is 0.445 e. The molecule has 2 heterocycles. The average Bonchev–Trinajstić information content (AvgIpc) is 3.37. The highest BCUT2D eigenvalue weighted by molar-refractivity contribution is 5.68. The van der Waals surface area contributed by atoms with Crippen molar-refractivity contribution in [3.8, 4) is 0 Å². The van der Waals surface area contributed by atoms with Gasteiger partial charge in [0.25, 0.3) is 0 Å². The minimum absolute atomic E-state index is 0.187. The summed E-state index contributed by atoms with van der Waals surface area (Å²) in [5, 5.41) is 0. The Bertz CT molecular complexity index is 941. The topological polar surface area (TPSA) is 32.8 Å². The molecule has 36 heavy (non-hydrogen) atoms. The Morgan fingerprint density at radius 1 is 0.861 bits per heavy atom. The lowest BCUT2D eigenvalue weighted by Crippen LogP contribution is -2.30. The monoisotopic (exact) mass is 492 g/mol. The Morgan fingerprint density at radius 2 is 1.39 bits per heavy atom. The van der Waals surface area contributed by atoms with E-state index in [1.165, 1.54) is 25.1 Å². The fourth-order valence-corrected chi connectivity index (χ4v) is 6.00. The lowest BCUT2D eigenvalue weighted by molar-refractivity contribution is 0.101. The lowest BCUT2D eigenvalue weighted by atomic mass is 9.81. The number of hydrogen-bond acceptors (Lipinski definition) is 3. The van der Waals surface area contributed by atoms with Crippen molar-refractivity contribution in [2.45, 2.75) is 74.0 Å². The van der Waals surface area contributed by atoms with Gasteiger partial charge in [-0.1, -0.05) is 115 Å². The normalized spacial score (nSPS) is 23.6. The first kappa shape index (κ1) is 28.2. The lowest BCUT2D eigenvalue weighted by Gasteiger charge is -2.26. The quantitative estimate of drug-likeness (QED) is 0.412. The van der Waals surface area contributed by atoms with E-state index in [1.807, 2.05) is 35.2 Å². The third-order valence-corrected chi connectivity index (χ3v) is 8.59. The van der Waals surface area contributed by atoms with Gasteiger partial charge >= 0.3 is 6.09 Å². The van der Waals surface area contributed by atoms with Crippen LogP contribution in [0.2, 0.25) is 0 Å². The van der Waals surface area contributed by atoms with Crippen molar-refractivity contribution in [2.24, 2.45) is 22.7 Å². The molecule has 0 radical (unpaired) electrons. The highest BCUT2D eigenvalue weighted by atomic mass is 16.6. The summed E-state index contributed by atoms with van der Waals surface area (Å²) in [5.41, 5.74) is 3.14. The van der Waals surface area contributed by atoms with Gasteiger partial charge < -0.3 is 9.64 Å². The van der Waals surface area contributed by atoms with Crippen LogP contribution in [-0.2, 0) is 11.3 Å². The van der Waals surface area contributed by atoms with Gasteiger partial charge in [-0.05, 0) is 40.7 Å². The van der Waals surface area contributed by atoms with Crippen molar-refractivity contribution in [3.63, 3.8) is 0 Å². The van der Waals surface area contributed by atoms with Crippen molar-refractivity contribution in [3.05, 3.63) is 71.8 Å². The van der Waals surface area contributed by atoms with E-state index in [-0.39, 0.29) is 11.5 Å². The summed E-state index contributed by atoms with van der Waals surface area (Å²) in [6.07, 6.45) is 2.22. The number of nitrogens with zero attached hydrogens (tertiary/aromatic N) is 2. The van der Waals surface area contributed by atoms with Crippen LogP contribution in [0.1, 0.15) is 78.5 Å². The SMILES string of the molecule is CCC1CN(C(=O)OCc2ccccc2)CC1(C)C.CCC1CN([C@H](C)c2ccccc2)CC1(C)C. The van der Waals surface area contributed by atoms with Gasteiger partial charge in [-0.15, -0.1) is 0 Å². The molecule has 2 unspecified atom stereocenters. The molecule has 3 atom stereocenters. The number of amides is 1. The van der Waals surface area contributed by atoms with Gasteiger partial charge in [0.2, 0.25) is 0 Å². The molecule has 2 aliphatic heterocycles. The van der Waals surface area contributed by atoms with E-state index in [9.17, 15) is 4.79 Å². The fraction of sp³-hybridized carbons (Fsp3) is 0.594. The number of ether oxygens (including phenoxy) is 1. The van der Waals surface area contributed by atoms with Gasteiger partial charge in [-0.25, -0.2) is 4.79 Å². The molecule has 0 spiro atoms. The molecule has 2 fully saturated rings. The summed E-state index contributed by atoms with van der Waals surface area (Å²) >= 11 is 0. The van der Waals surface area contributed by atoms with Crippen LogP contribution in [0.3, 0.4) is 0 Å². The van der Waals surface area contributed by atoms with E-state index in [2.05, 4.69) is 83.7 Å². The number of hydrogen-bond donors (Lipinski definition) is 0. The van der Waals surface area contributed by atoms with Crippen LogP contribution >= 0.6 is 0 Å². The summed E-state index contributed by atoms with van der Waals surface area (Å²) in [4.78, 5) is 16.6. The smallest absolute Gasteiger partial charge is 0.410 e. The van der Waals surface area contributed by atoms with E-state index < -0.39 is 0 Å². The molecule has 2 saturated heterocycles. The Labute approximate surface area is 220 Å². The summed E-state index contributed by atoms with van der Waals surface area (Å²) in [6.45, 7) is 20.6. The summed E-state index contributed by atoms with van der Waals surface area (Å²) in [7, 11) is 0. The molecule has 198 valence electrons. The fourth-order valence-electron chi connectivity index (χ4n) is 6.00. The zero-order valence-electron chi connectivity index (χ0n) is 23.7. The van der Waals surface area contributed by atoms with Crippen LogP contribution in [0, 0.1) is 22.7 Å². The molecule has 4 rings (SSSR count). The van der Waals surface area contributed by atoms with Crippen molar-refractivity contribution < 1.29 is 9.53 Å². The van der Waals surface area contributed by atoms with E-state index >= 15 is 0 Å². The number of carbonyl (C=O) groups excluding carboxylic acids is 1. The van der Waals surface area contributed by atoms with Gasteiger partial charge in [-0.2, -0.15) is 0 Å². The second-order valence-electron chi connectivity index (χ2n) is 12.1. The predicted octanol–water partition coefficient (Wildman–Crippen LogP) is 7.81. The molecule has 0 saturated carbocycles. The Hall–Kier alpha value is -2.33. The highest BCUT2D eigenvalue weighted by Crippen LogP contribution is 2.40. The molecule has 4 nitrogen and oxygen atoms in total. The van der Waals surface area contributed by atoms with Gasteiger partial charge in [0.15, 0.2) is 0 Å². The molecule has 0 aliphatic carbocycles. The van der Waals surface area contributed by atoms with Crippen LogP contribution in [0.15, 0.2) is 60.7 Å². The highest BCUT2D eigenvalue weighted by Gasteiger charge is 2.41. The number of carbonyl (C=O) groups is 1. The van der Waals surface area contributed by atoms with E-state index in [0.717, 1.165) is 31.0 Å². The minimum atomic E-state index is -0.187. The first-order chi connectivity index (χ1) is 17.1. The zero-order chi connectivity index (χ0) is 26.3. The van der Waals surface area contributed by atoms with Crippen molar-refractivity contribution in [1.82, 2.24) is 9.80 Å². The average molecular weight is 493 g/mol. The molecule has 0 bridgehead atoms. The van der Waals surface area contributed by atoms with Crippen LogP contribution in [0.5, 0.6) is 0 Å². The van der Waals surface area contributed by atoms with Gasteiger partial charge in [0, 0.05) is 32.2 Å². The van der Waals surface area contributed by atoms with Crippen LogP contribution in [-0.4, -0.2) is 42.1 Å². The second-order valence-corrected chi connectivity index (χ2v) is 12.1.